The van der Waals surface area contributed by atoms with Crippen LogP contribution in [0, 0.1) is 0 Å². The molecule has 2 aromatic carbocycles. The van der Waals surface area contributed by atoms with E-state index in [0.29, 0.717) is 5.56 Å². The van der Waals surface area contributed by atoms with E-state index in [4.69, 9.17) is 0 Å². The molecule has 3 nitrogen and oxygen atoms in total. The molecule has 98 valence electrons. The second kappa shape index (κ2) is 6.50. The maximum atomic E-state index is 11.9. The molecule has 2 N–H and O–H groups in total. The van der Waals surface area contributed by atoms with Gasteiger partial charge < -0.3 is 10.4 Å². The molecule has 1 atom stereocenters. The topological polar surface area (TPSA) is 49.3 Å². The van der Waals surface area contributed by atoms with Crippen LogP contribution in [0.4, 0.5) is 0 Å². The number of aliphatic hydroxyl groups excluding tert-OH is 1. The summed E-state index contributed by atoms with van der Waals surface area (Å²) in [5.74, 6) is -0.192. The van der Waals surface area contributed by atoms with Crippen LogP contribution in [-0.4, -0.2) is 17.6 Å². The second-order valence-corrected chi connectivity index (χ2v) is 5.06. The van der Waals surface area contributed by atoms with Crippen molar-refractivity contribution in [3.63, 3.8) is 0 Å². The summed E-state index contributed by atoms with van der Waals surface area (Å²) in [5, 5.41) is 12.7. The Labute approximate surface area is 120 Å². The minimum absolute atomic E-state index is 0.192. The van der Waals surface area contributed by atoms with E-state index in [1.807, 2.05) is 42.5 Å². The zero-order valence-electron chi connectivity index (χ0n) is 10.2. The molecule has 0 aromatic heterocycles. The van der Waals surface area contributed by atoms with Gasteiger partial charge in [-0.1, -0.05) is 46.3 Å². The van der Waals surface area contributed by atoms with Crippen LogP contribution < -0.4 is 5.32 Å². The zero-order valence-corrected chi connectivity index (χ0v) is 11.8. The van der Waals surface area contributed by atoms with Crippen LogP contribution in [0.2, 0.25) is 0 Å². The molecule has 0 radical (unpaired) electrons. The molecule has 19 heavy (non-hydrogen) atoms. The number of benzene rings is 2. The fourth-order valence-electron chi connectivity index (χ4n) is 1.69. The van der Waals surface area contributed by atoms with Crippen molar-refractivity contribution in [3.8, 4) is 0 Å². The highest BCUT2D eigenvalue weighted by molar-refractivity contribution is 9.10. The predicted octanol–water partition coefficient (Wildman–Crippen LogP) is 2.91. The van der Waals surface area contributed by atoms with Gasteiger partial charge in [0.1, 0.15) is 0 Å². The lowest BCUT2D eigenvalue weighted by atomic mass is 10.1. The molecule has 1 amide bonds. The van der Waals surface area contributed by atoms with Gasteiger partial charge in [-0.3, -0.25) is 4.79 Å². The Morgan fingerprint density at radius 2 is 1.74 bits per heavy atom. The lowest BCUT2D eigenvalue weighted by Gasteiger charge is -2.12. The second-order valence-electron chi connectivity index (χ2n) is 4.14. The van der Waals surface area contributed by atoms with Gasteiger partial charge in [0.15, 0.2) is 0 Å². The Kier molecular flexibility index (Phi) is 4.71. The number of rotatable bonds is 4. The minimum Gasteiger partial charge on any atom is -0.387 e. The molecule has 4 heteroatoms. The van der Waals surface area contributed by atoms with Gasteiger partial charge in [-0.2, -0.15) is 0 Å². The van der Waals surface area contributed by atoms with Crippen LogP contribution in [0.25, 0.3) is 0 Å². The highest BCUT2D eigenvalue weighted by atomic mass is 79.9. The summed E-state index contributed by atoms with van der Waals surface area (Å²) < 4.78 is 0.924. The van der Waals surface area contributed by atoms with E-state index in [2.05, 4.69) is 21.2 Å². The molecule has 0 heterocycles. The van der Waals surface area contributed by atoms with Gasteiger partial charge in [-0.05, 0) is 29.8 Å². The van der Waals surface area contributed by atoms with Crippen molar-refractivity contribution in [3.05, 3.63) is 70.2 Å². The molecule has 0 bridgehead atoms. The van der Waals surface area contributed by atoms with Gasteiger partial charge >= 0.3 is 0 Å². The quantitative estimate of drug-likeness (QED) is 0.910. The number of amides is 1. The number of carbonyl (C=O) groups excluding carboxylic acids is 1. The van der Waals surface area contributed by atoms with Gasteiger partial charge in [-0.25, -0.2) is 0 Å². The van der Waals surface area contributed by atoms with Gasteiger partial charge in [0, 0.05) is 16.6 Å². The van der Waals surface area contributed by atoms with E-state index in [0.717, 1.165) is 10.0 Å². The first kappa shape index (κ1) is 13.8. The smallest absolute Gasteiger partial charge is 0.251 e. The van der Waals surface area contributed by atoms with Crippen LogP contribution in [0.3, 0.4) is 0 Å². The van der Waals surface area contributed by atoms with Crippen molar-refractivity contribution < 1.29 is 9.90 Å². The minimum atomic E-state index is -0.694. The zero-order chi connectivity index (χ0) is 13.7. The first-order chi connectivity index (χ1) is 9.16. The molecule has 0 saturated heterocycles. The van der Waals surface area contributed by atoms with Gasteiger partial charge in [0.05, 0.1) is 6.10 Å². The van der Waals surface area contributed by atoms with E-state index >= 15 is 0 Å². The average molecular weight is 320 g/mol. The summed E-state index contributed by atoms with van der Waals surface area (Å²) in [7, 11) is 0. The van der Waals surface area contributed by atoms with E-state index < -0.39 is 6.10 Å². The molecule has 0 saturated carbocycles. The molecule has 2 rings (SSSR count). The van der Waals surface area contributed by atoms with E-state index in [9.17, 15) is 9.90 Å². The third kappa shape index (κ3) is 3.91. The van der Waals surface area contributed by atoms with Crippen LogP contribution in [0.5, 0.6) is 0 Å². The van der Waals surface area contributed by atoms with Crippen molar-refractivity contribution in [1.29, 1.82) is 0 Å². The maximum absolute atomic E-state index is 11.9. The normalized spacial score (nSPS) is 11.9. The van der Waals surface area contributed by atoms with Crippen molar-refractivity contribution in [1.82, 2.24) is 5.32 Å². The molecular weight excluding hydrogens is 306 g/mol. The first-order valence-electron chi connectivity index (χ1n) is 5.93. The molecule has 0 spiro atoms. The molecule has 0 aliphatic carbocycles. The summed E-state index contributed by atoms with van der Waals surface area (Å²) in [6, 6.07) is 16.3. The van der Waals surface area contributed by atoms with Gasteiger partial charge in [0.25, 0.3) is 5.91 Å². The van der Waals surface area contributed by atoms with E-state index in [1.165, 1.54) is 0 Å². The lowest BCUT2D eigenvalue weighted by Crippen LogP contribution is -2.28. The van der Waals surface area contributed by atoms with Crippen LogP contribution in [0.15, 0.2) is 59.1 Å². The molecule has 0 aliphatic heterocycles. The van der Waals surface area contributed by atoms with Crippen LogP contribution in [0.1, 0.15) is 22.0 Å². The van der Waals surface area contributed by atoms with Crippen molar-refractivity contribution in [2.24, 2.45) is 0 Å². The van der Waals surface area contributed by atoms with Crippen molar-refractivity contribution in [2.45, 2.75) is 6.10 Å². The number of hydrogen-bond donors (Lipinski definition) is 2. The molecular formula is C15H14BrNO2. The summed E-state index contributed by atoms with van der Waals surface area (Å²) in [6.07, 6.45) is -0.694. The van der Waals surface area contributed by atoms with E-state index in [1.54, 1.807) is 12.1 Å². The summed E-state index contributed by atoms with van der Waals surface area (Å²) in [5.41, 5.74) is 1.36. The third-order valence-electron chi connectivity index (χ3n) is 2.75. The maximum Gasteiger partial charge on any atom is 0.251 e. The third-order valence-corrected chi connectivity index (χ3v) is 3.28. The highest BCUT2D eigenvalue weighted by Gasteiger charge is 2.10. The lowest BCUT2D eigenvalue weighted by molar-refractivity contribution is 0.0916. The predicted molar refractivity (Wildman–Crippen MR) is 77.9 cm³/mol. The molecule has 0 aliphatic rings. The molecule has 0 unspecified atom stereocenters. The van der Waals surface area contributed by atoms with Gasteiger partial charge in [-0.15, -0.1) is 0 Å². The SMILES string of the molecule is O=C(NC[C@H](O)c1ccccc1)c1ccc(Br)cc1. The Hall–Kier alpha value is -1.65. The Balaban J connectivity index is 1.92. The summed E-state index contributed by atoms with van der Waals surface area (Å²) in [4.78, 5) is 11.9. The molecule has 0 fully saturated rings. The highest BCUT2D eigenvalue weighted by Crippen LogP contribution is 2.12. The van der Waals surface area contributed by atoms with Crippen LogP contribution >= 0.6 is 15.9 Å². The standard InChI is InChI=1S/C15H14BrNO2/c16-13-8-6-12(7-9-13)15(19)17-10-14(18)11-4-2-1-3-5-11/h1-9,14,18H,10H2,(H,17,19)/t14-/m0/s1. The van der Waals surface area contributed by atoms with E-state index in [-0.39, 0.29) is 12.5 Å². The average Bonchev–Trinajstić information content (AvgIpc) is 2.46. The largest absolute Gasteiger partial charge is 0.387 e. The summed E-state index contributed by atoms with van der Waals surface area (Å²) in [6.45, 7) is 0.193. The van der Waals surface area contributed by atoms with Gasteiger partial charge in [0.2, 0.25) is 0 Å². The fourth-order valence-corrected chi connectivity index (χ4v) is 1.95. The monoisotopic (exact) mass is 319 g/mol. The summed E-state index contributed by atoms with van der Waals surface area (Å²) >= 11 is 3.32. The van der Waals surface area contributed by atoms with Crippen molar-refractivity contribution in [2.75, 3.05) is 6.54 Å². The Morgan fingerprint density at radius 3 is 2.37 bits per heavy atom. The first-order valence-corrected chi connectivity index (χ1v) is 6.73. The Morgan fingerprint density at radius 1 is 1.11 bits per heavy atom. The Bertz CT molecular complexity index is 540. The number of nitrogens with one attached hydrogen (secondary N) is 1. The number of halogens is 1. The number of carbonyl (C=O) groups is 1. The number of aliphatic hydroxyl groups is 1. The number of hydrogen-bond acceptors (Lipinski definition) is 2. The van der Waals surface area contributed by atoms with Crippen molar-refractivity contribution >= 4 is 21.8 Å². The molecule has 2 aromatic rings. The van der Waals surface area contributed by atoms with Crippen LogP contribution in [-0.2, 0) is 0 Å². The fraction of sp³-hybridized carbons (Fsp3) is 0.133.